The maximum atomic E-state index is 12.3. The van der Waals surface area contributed by atoms with E-state index in [-0.39, 0.29) is 24.0 Å². The van der Waals surface area contributed by atoms with Crippen molar-refractivity contribution in [3.63, 3.8) is 0 Å². The summed E-state index contributed by atoms with van der Waals surface area (Å²) in [6.45, 7) is 0. The second kappa shape index (κ2) is 10.2. The van der Waals surface area contributed by atoms with Crippen molar-refractivity contribution >= 4 is 69.8 Å². The number of hydrogen-bond acceptors (Lipinski definition) is 5. The molecule has 2 N–H and O–H groups in total. The number of nitrogens with zero attached hydrogens (tertiary/aromatic N) is 3. The van der Waals surface area contributed by atoms with Gasteiger partial charge in [0.05, 0.1) is 33.6 Å². The molecule has 30 heavy (non-hydrogen) atoms. The molecule has 0 spiro atoms. The molecule has 3 rings (SSSR count). The second-order valence-corrected chi connectivity index (χ2v) is 8.32. The summed E-state index contributed by atoms with van der Waals surface area (Å²) in [6, 6.07) is 11.8. The predicted molar refractivity (Wildman–Crippen MR) is 121 cm³/mol. The smallest absolute Gasteiger partial charge is 0.234 e. The number of nitrogens with one attached hydrogen (secondary N) is 2. The summed E-state index contributed by atoms with van der Waals surface area (Å²) in [4.78, 5) is 24.5. The van der Waals surface area contributed by atoms with Gasteiger partial charge in [0.25, 0.3) is 0 Å². The van der Waals surface area contributed by atoms with E-state index in [0.29, 0.717) is 37.4 Å². The van der Waals surface area contributed by atoms with Gasteiger partial charge in [-0.3, -0.25) is 9.59 Å². The summed E-state index contributed by atoms with van der Waals surface area (Å²) in [5.74, 6) is -0.00491. The summed E-state index contributed by atoms with van der Waals surface area (Å²) >= 11 is 19.2. The van der Waals surface area contributed by atoms with Gasteiger partial charge in [-0.05, 0) is 30.3 Å². The standard InChI is InChI=1S/C19H16Cl3N5O2S/c1-27-16(9-17(28)23-14-5-3-2-4-12(14)21)25-26-19(27)30-10-18(29)24-15-8-11(20)6-7-13(15)22/h2-8H,9-10H2,1H3,(H,23,28)(H,24,29). The average Bonchev–Trinajstić information content (AvgIpc) is 3.04. The Hall–Kier alpha value is -2.26. The van der Waals surface area contributed by atoms with Crippen LogP contribution < -0.4 is 10.6 Å². The molecule has 156 valence electrons. The van der Waals surface area contributed by atoms with Gasteiger partial charge in [-0.1, -0.05) is 58.7 Å². The van der Waals surface area contributed by atoms with E-state index in [1.807, 2.05) is 0 Å². The predicted octanol–water partition coefficient (Wildman–Crippen LogP) is 4.69. The van der Waals surface area contributed by atoms with Crippen LogP contribution in [0.5, 0.6) is 0 Å². The van der Waals surface area contributed by atoms with E-state index in [1.54, 1.807) is 54.1 Å². The van der Waals surface area contributed by atoms with E-state index in [0.717, 1.165) is 0 Å². The first kappa shape index (κ1) is 22.4. The van der Waals surface area contributed by atoms with Crippen LogP contribution in [0, 0.1) is 0 Å². The summed E-state index contributed by atoms with van der Waals surface area (Å²) in [5.41, 5.74) is 0.960. The van der Waals surface area contributed by atoms with Crippen molar-refractivity contribution in [1.29, 1.82) is 0 Å². The molecule has 0 saturated heterocycles. The number of halogens is 3. The van der Waals surface area contributed by atoms with Gasteiger partial charge in [-0.15, -0.1) is 10.2 Å². The molecule has 11 heteroatoms. The molecular weight excluding hydrogens is 469 g/mol. The Kier molecular flexibility index (Phi) is 7.60. The Morgan fingerprint density at radius 1 is 0.967 bits per heavy atom. The van der Waals surface area contributed by atoms with E-state index in [2.05, 4.69) is 20.8 Å². The van der Waals surface area contributed by atoms with Gasteiger partial charge in [0, 0.05) is 12.1 Å². The molecule has 2 aromatic carbocycles. The van der Waals surface area contributed by atoms with Crippen LogP contribution >= 0.6 is 46.6 Å². The maximum Gasteiger partial charge on any atom is 0.234 e. The number of aromatic nitrogens is 3. The molecule has 1 heterocycles. The largest absolute Gasteiger partial charge is 0.324 e. The number of rotatable bonds is 7. The number of carbonyl (C=O) groups excluding carboxylic acids is 2. The fourth-order valence-electron chi connectivity index (χ4n) is 2.43. The monoisotopic (exact) mass is 483 g/mol. The first-order valence-corrected chi connectivity index (χ1v) is 10.8. The van der Waals surface area contributed by atoms with Gasteiger partial charge in [0.2, 0.25) is 11.8 Å². The highest BCUT2D eigenvalue weighted by molar-refractivity contribution is 7.99. The van der Waals surface area contributed by atoms with Crippen molar-refractivity contribution in [2.45, 2.75) is 11.6 Å². The Morgan fingerprint density at radius 3 is 2.43 bits per heavy atom. The van der Waals surface area contributed by atoms with Crippen LogP contribution in [0.25, 0.3) is 0 Å². The SMILES string of the molecule is Cn1c(CC(=O)Nc2ccccc2Cl)nnc1SCC(=O)Nc1cc(Cl)ccc1Cl. The molecule has 3 aromatic rings. The molecule has 2 amide bonds. The zero-order valence-corrected chi connectivity index (χ0v) is 18.7. The van der Waals surface area contributed by atoms with Crippen LogP contribution in [0.3, 0.4) is 0 Å². The van der Waals surface area contributed by atoms with Gasteiger partial charge >= 0.3 is 0 Å². The third-order valence-electron chi connectivity index (χ3n) is 3.93. The number of carbonyl (C=O) groups is 2. The van der Waals surface area contributed by atoms with Crippen LogP contribution in [-0.2, 0) is 23.1 Å². The van der Waals surface area contributed by atoms with Gasteiger partial charge < -0.3 is 15.2 Å². The lowest BCUT2D eigenvalue weighted by Gasteiger charge is -2.08. The van der Waals surface area contributed by atoms with Gasteiger partial charge in [-0.2, -0.15) is 0 Å². The Balaban J connectivity index is 1.56. The number of amides is 2. The van der Waals surface area contributed by atoms with Crippen LogP contribution in [-0.4, -0.2) is 32.3 Å². The molecule has 0 aliphatic heterocycles. The maximum absolute atomic E-state index is 12.3. The zero-order chi connectivity index (χ0) is 21.7. The number of para-hydroxylation sites is 1. The van der Waals surface area contributed by atoms with E-state index >= 15 is 0 Å². The molecule has 1 aromatic heterocycles. The summed E-state index contributed by atoms with van der Waals surface area (Å²) in [5, 5.41) is 15.3. The summed E-state index contributed by atoms with van der Waals surface area (Å²) in [7, 11) is 1.73. The van der Waals surface area contributed by atoms with Crippen molar-refractivity contribution in [2.75, 3.05) is 16.4 Å². The zero-order valence-electron chi connectivity index (χ0n) is 15.7. The molecule has 0 bridgehead atoms. The normalized spacial score (nSPS) is 10.7. The molecular formula is C19H16Cl3N5O2S. The van der Waals surface area contributed by atoms with Crippen molar-refractivity contribution < 1.29 is 9.59 Å². The van der Waals surface area contributed by atoms with E-state index in [1.165, 1.54) is 11.8 Å². The molecule has 0 aliphatic carbocycles. The first-order valence-electron chi connectivity index (χ1n) is 8.64. The fraction of sp³-hybridized carbons (Fsp3) is 0.158. The molecule has 0 fully saturated rings. The highest BCUT2D eigenvalue weighted by atomic mass is 35.5. The minimum absolute atomic E-state index is 0.0135. The molecule has 0 saturated carbocycles. The third-order valence-corrected chi connectivity index (χ3v) is 5.84. The molecule has 0 radical (unpaired) electrons. The van der Waals surface area contributed by atoms with E-state index < -0.39 is 0 Å². The van der Waals surface area contributed by atoms with Crippen molar-refractivity contribution in [1.82, 2.24) is 14.8 Å². The average molecular weight is 485 g/mol. The van der Waals surface area contributed by atoms with E-state index in [4.69, 9.17) is 34.8 Å². The van der Waals surface area contributed by atoms with Crippen molar-refractivity contribution in [2.24, 2.45) is 7.05 Å². The topological polar surface area (TPSA) is 88.9 Å². The van der Waals surface area contributed by atoms with Crippen molar-refractivity contribution in [3.8, 4) is 0 Å². The van der Waals surface area contributed by atoms with Crippen LogP contribution in [0.2, 0.25) is 15.1 Å². The van der Waals surface area contributed by atoms with Crippen LogP contribution in [0.4, 0.5) is 11.4 Å². The molecule has 0 atom stereocenters. The van der Waals surface area contributed by atoms with Gasteiger partial charge in [-0.25, -0.2) is 0 Å². The highest BCUT2D eigenvalue weighted by Crippen LogP contribution is 2.26. The lowest BCUT2D eigenvalue weighted by Crippen LogP contribution is -2.17. The Bertz CT molecular complexity index is 1090. The third kappa shape index (κ3) is 5.89. The minimum Gasteiger partial charge on any atom is -0.324 e. The summed E-state index contributed by atoms with van der Waals surface area (Å²) in [6.07, 6.45) is 0.0135. The van der Waals surface area contributed by atoms with Crippen LogP contribution in [0.1, 0.15) is 5.82 Å². The second-order valence-electron chi connectivity index (χ2n) is 6.12. The number of benzene rings is 2. The minimum atomic E-state index is -0.275. The quantitative estimate of drug-likeness (QED) is 0.475. The Labute approximate surface area is 192 Å². The molecule has 0 unspecified atom stereocenters. The molecule has 0 aliphatic rings. The van der Waals surface area contributed by atoms with Gasteiger partial charge in [0.15, 0.2) is 5.16 Å². The molecule has 7 nitrogen and oxygen atoms in total. The highest BCUT2D eigenvalue weighted by Gasteiger charge is 2.15. The summed E-state index contributed by atoms with van der Waals surface area (Å²) < 4.78 is 1.66. The first-order chi connectivity index (χ1) is 14.3. The van der Waals surface area contributed by atoms with Crippen LogP contribution in [0.15, 0.2) is 47.6 Å². The van der Waals surface area contributed by atoms with Crippen molar-refractivity contribution in [3.05, 3.63) is 63.4 Å². The number of anilines is 2. The van der Waals surface area contributed by atoms with E-state index in [9.17, 15) is 9.59 Å². The Morgan fingerprint density at radius 2 is 1.67 bits per heavy atom. The fourth-order valence-corrected chi connectivity index (χ4v) is 3.68. The van der Waals surface area contributed by atoms with Gasteiger partial charge in [0.1, 0.15) is 5.82 Å². The lowest BCUT2D eigenvalue weighted by molar-refractivity contribution is -0.116. The number of hydrogen-bond donors (Lipinski definition) is 2. The lowest BCUT2D eigenvalue weighted by atomic mass is 10.3. The number of thioether (sulfide) groups is 1.